The minimum Gasteiger partial charge on any atom is -0.454 e. The fraction of sp³-hybridized carbons (Fsp3) is 0.107. The smallest absolute Gasteiger partial charge is 0.206 e. The van der Waals surface area contributed by atoms with Crippen molar-refractivity contribution in [3.05, 3.63) is 110 Å². The fourth-order valence-electron chi connectivity index (χ4n) is 4.16. The summed E-state index contributed by atoms with van der Waals surface area (Å²) >= 11 is 2.04. The van der Waals surface area contributed by atoms with Crippen molar-refractivity contribution in [1.82, 2.24) is 9.97 Å². The largest absolute Gasteiger partial charge is 0.454 e. The minimum atomic E-state index is -0.343. The van der Waals surface area contributed by atoms with Crippen LogP contribution >= 0.6 is 22.6 Å². The van der Waals surface area contributed by atoms with Crippen molar-refractivity contribution >= 4 is 39.2 Å². The predicted octanol–water partition coefficient (Wildman–Crippen LogP) is 7.14. The van der Waals surface area contributed by atoms with Crippen LogP contribution in [-0.4, -0.2) is 9.97 Å². The summed E-state index contributed by atoms with van der Waals surface area (Å²) in [6.07, 6.45) is 5.00. The molecule has 0 saturated heterocycles. The van der Waals surface area contributed by atoms with Crippen molar-refractivity contribution in [2.45, 2.75) is 19.9 Å². The molecule has 3 aromatic heterocycles. The second-order valence-corrected chi connectivity index (χ2v) is 9.37. The van der Waals surface area contributed by atoms with Gasteiger partial charge in [-0.15, -0.1) is 0 Å². The highest BCUT2D eigenvalue weighted by Crippen LogP contribution is 2.34. The summed E-state index contributed by atoms with van der Waals surface area (Å²) in [6.45, 7) is 3.93. The molecule has 0 fully saturated rings. The van der Waals surface area contributed by atoms with Crippen LogP contribution in [0.2, 0.25) is 0 Å². The van der Waals surface area contributed by atoms with Crippen molar-refractivity contribution in [2.24, 2.45) is 0 Å². The highest BCUT2D eigenvalue weighted by Gasteiger charge is 2.21. The normalized spacial score (nSPS) is 12.0. The van der Waals surface area contributed by atoms with Gasteiger partial charge in [0.2, 0.25) is 5.43 Å². The lowest BCUT2D eigenvalue weighted by Crippen LogP contribution is -2.13. The van der Waals surface area contributed by atoms with Crippen molar-refractivity contribution in [2.75, 3.05) is 5.32 Å². The molecule has 1 atom stereocenters. The molecule has 7 heteroatoms. The molecule has 35 heavy (non-hydrogen) atoms. The molecule has 0 bridgehead atoms. The molecule has 0 aliphatic carbocycles. The number of aryl methyl sites for hydroxylation is 1. The van der Waals surface area contributed by atoms with Crippen molar-refractivity contribution in [3.63, 3.8) is 0 Å². The SMILES string of the molecule is Cc1cc(C(C)Nc2cccnc2-c2ccccc2F)c2oc(-c3cccnc3)c(I)c(=O)c2c1. The molecule has 0 spiro atoms. The van der Waals surface area contributed by atoms with Crippen molar-refractivity contribution < 1.29 is 8.81 Å². The van der Waals surface area contributed by atoms with E-state index in [0.717, 1.165) is 16.7 Å². The standard InChI is InChI=1S/C28H21FIN3O2/c1-16-13-20(17(2)33-23-10-6-12-32-25(23)19-8-3-4-9-22(19)29)28-21(14-16)26(34)24(30)27(35-28)18-7-5-11-31-15-18/h3-15,17,33H,1-2H3. The van der Waals surface area contributed by atoms with Crippen LogP contribution < -0.4 is 10.7 Å². The predicted molar refractivity (Wildman–Crippen MR) is 145 cm³/mol. The van der Waals surface area contributed by atoms with Crippen molar-refractivity contribution in [1.29, 1.82) is 0 Å². The van der Waals surface area contributed by atoms with Gasteiger partial charge in [-0.05, 0) is 84.5 Å². The molecule has 0 saturated carbocycles. The van der Waals surface area contributed by atoms with Gasteiger partial charge in [-0.25, -0.2) is 4.39 Å². The highest BCUT2D eigenvalue weighted by atomic mass is 127. The average molecular weight is 577 g/mol. The molecule has 0 amide bonds. The van der Waals surface area contributed by atoms with Crippen LogP contribution in [-0.2, 0) is 0 Å². The summed E-state index contributed by atoms with van der Waals surface area (Å²) in [7, 11) is 0. The second kappa shape index (κ2) is 9.58. The maximum absolute atomic E-state index is 14.5. The van der Waals surface area contributed by atoms with E-state index in [4.69, 9.17) is 4.42 Å². The number of rotatable bonds is 5. The Labute approximate surface area is 215 Å². The third-order valence-corrected chi connectivity index (χ3v) is 6.79. The first kappa shape index (κ1) is 23.2. The zero-order valence-corrected chi connectivity index (χ0v) is 21.2. The van der Waals surface area contributed by atoms with E-state index in [-0.39, 0.29) is 17.3 Å². The summed E-state index contributed by atoms with van der Waals surface area (Å²) < 4.78 is 21.4. The van der Waals surface area contributed by atoms with E-state index in [1.165, 1.54) is 6.07 Å². The molecule has 1 unspecified atom stereocenters. The Morgan fingerprint density at radius 2 is 1.86 bits per heavy atom. The van der Waals surface area contributed by atoms with E-state index in [1.807, 2.05) is 66.8 Å². The van der Waals surface area contributed by atoms with Gasteiger partial charge in [-0.2, -0.15) is 0 Å². The van der Waals surface area contributed by atoms with E-state index in [1.54, 1.807) is 42.9 Å². The number of fused-ring (bicyclic) bond motifs is 1. The summed E-state index contributed by atoms with van der Waals surface area (Å²) in [5, 5.41) is 3.98. The van der Waals surface area contributed by atoms with E-state index in [2.05, 4.69) is 15.3 Å². The lowest BCUT2D eigenvalue weighted by molar-refractivity contribution is 0.606. The zero-order valence-electron chi connectivity index (χ0n) is 19.0. The average Bonchev–Trinajstić information content (AvgIpc) is 2.87. The van der Waals surface area contributed by atoms with Crippen LogP contribution in [0.5, 0.6) is 0 Å². The van der Waals surface area contributed by atoms with Gasteiger partial charge in [0.05, 0.1) is 22.8 Å². The zero-order chi connectivity index (χ0) is 24.5. The molecular weight excluding hydrogens is 556 g/mol. The summed E-state index contributed by atoms with van der Waals surface area (Å²) in [6, 6.07) is 17.5. The van der Waals surface area contributed by atoms with E-state index < -0.39 is 0 Å². The molecule has 174 valence electrons. The monoisotopic (exact) mass is 577 g/mol. The Hall–Kier alpha value is -3.59. The molecule has 5 nitrogen and oxygen atoms in total. The van der Waals surface area contributed by atoms with Crippen LogP contribution in [0.4, 0.5) is 10.1 Å². The molecule has 0 aliphatic heterocycles. The molecule has 3 heterocycles. The van der Waals surface area contributed by atoms with E-state index in [0.29, 0.717) is 37.2 Å². The van der Waals surface area contributed by atoms with Gasteiger partial charge < -0.3 is 9.73 Å². The number of nitrogens with one attached hydrogen (secondary N) is 1. The van der Waals surface area contributed by atoms with Gasteiger partial charge in [0, 0.05) is 35.3 Å². The first-order valence-electron chi connectivity index (χ1n) is 11.1. The van der Waals surface area contributed by atoms with Gasteiger partial charge >= 0.3 is 0 Å². The van der Waals surface area contributed by atoms with E-state index >= 15 is 0 Å². The van der Waals surface area contributed by atoms with Gasteiger partial charge in [-0.1, -0.05) is 18.2 Å². The summed E-state index contributed by atoms with van der Waals surface area (Å²) in [5.41, 5.74) is 4.53. The lowest BCUT2D eigenvalue weighted by Gasteiger charge is -2.20. The Morgan fingerprint density at radius 3 is 2.63 bits per heavy atom. The van der Waals surface area contributed by atoms with Gasteiger partial charge in [0.1, 0.15) is 15.0 Å². The summed E-state index contributed by atoms with van der Waals surface area (Å²) in [4.78, 5) is 21.9. The van der Waals surface area contributed by atoms with Crippen LogP contribution in [0, 0.1) is 16.3 Å². The van der Waals surface area contributed by atoms with E-state index in [9.17, 15) is 9.18 Å². The second-order valence-electron chi connectivity index (χ2n) is 8.29. The Bertz CT molecular complexity index is 1600. The van der Waals surface area contributed by atoms with Crippen LogP contribution in [0.3, 0.4) is 0 Å². The number of hydrogen-bond acceptors (Lipinski definition) is 5. The first-order chi connectivity index (χ1) is 16.9. The molecule has 0 radical (unpaired) electrons. The first-order valence-corrected chi connectivity index (χ1v) is 12.2. The highest BCUT2D eigenvalue weighted by molar-refractivity contribution is 14.1. The van der Waals surface area contributed by atoms with Gasteiger partial charge in [0.25, 0.3) is 0 Å². The number of aromatic nitrogens is 2. The van der Waals surface area contributed by atoms with Gasteiger partial charge in [0.15, 0.2) is 5.76 Å². The maximum atomic E-state index is 14.5. The number of benzene rings is 2. The van der Waals surface area contributed by atoms with Crippen molar-refractivity contribution in [3.8, 4) is 22.6 Å². The molecule has 2 aromatic carbocycles. The fourth-order valence-corrected chi connectivity index (χ4v) is 4.87. The number of halogens is 2. The van der Waals surface area contributed by atoms with Crippen LogP contribution in [0.15, 0.2) is 88.5 Å². The van der Waals surface area contributed by atoms with Gasteiger partial charge in [-0.3, -0.25) is 14.8 Å². The van der Waals surface area contributed by atoms with Crippen LogP contribution in [0.1, 0.15) is 24.1 Å². The third-order valence-electron chi connectivity index (χ3n) is 5.81. The molecular formula is C28H21FIN3O2. The number of hydrogen-bond donors (Lipinski definition) is 1. The Kier molecular flexibility index (Phi) is 6.34. The minimum absolute atomic E-state index is 0.0868. The van der Waals surface area contributed by atoms with Crippen LogP contribution in [0.25, 0.3) is 33.6 Å². The Balaban J connectivity index is 1.64. The summed E-state index contributed by atoms with van der Waals surface area (Å²) in [5.74, 6) is 0.145. The molecule has 5 aromatic rings. The molecule has 0 aliphatic rings. The molecule has 5 rings (SSSR count). The molecule has 1 N–H and O–H groups in total. The lowest BCUT2D eigenvalue weighted by atomic mass is 10.00. The maximum Gasteiger partial charge on any atom is 0.206 e. The number of pyridine rings is 2. The number of nitrogens with zero attached hydrogens (tertiary/aromatic N) is 2. The number of anilines is 1. The topological polar surface area (TPSA) is 68.0 Å². The quantitative estimate of drug-likeness (QED) is 0.225. The Morgan fingerprint density at radius 1 is 1.06 bits per heavy atom. The third kappa shape index (κ3) is 4.43.